The molecule has 2 aliphatic rings. The van der Waals surface area contributed by atoms with E-state index >= 15 is 0 Å². The van der Waals surface area contributed by atoms with Gasteiger partial charge in [0.25, 0.3) is 0 Å². The number of hydrogen-bond donors (Lipinski definition) is 2. The van der Waals surface area contributed by atoms with Crippen LogP contribution in [0.3, 0.4) is 0 Å². The first kappa shape index (κ1) is 22.7. The molecule has 0 spiro atoms. The summed E-state index contributed by atoms with van der Waals surface area (Å²) in [7, 11) is 6.06. The van der Waals surface area contributed by atoms with Crippen LogP contribution in [0.1, 0.15) is 32.6 Å². The van der Waals surface area contributed by atoms with Crippen molar-refractivity contribution in [3.05, 3.63) is 24.3 Å². The molecule has 168 valence electrons. The Morgan fingerprint density at radius 3 is 2.77 bits per heavy atom. The SMILES string of the molecule is CCNC(=NCC1(N(C)C)CCOCC1)NC1CCCN(c2ccccc2OC)C1. The summed E-state index contributed by atoms with van der Waals surface area (Å²) in [5.74, 6) is 1.85. The van der Waals surface area contributed by atoms with E-state index in [1.807, 2.05) is 12.1 Å². The summed E-state index contributed by atoms with van der Waals surface area (Å²) in [6.07, 6.45) is 4.33. The minimum absolute atomic E-state index is 0.0800. The fourth-order valence-electron chi connectivity index (χ4n) is 4.44. The summed E-state index contributed by atoms with van der Waals surface area (Å²) in [4.78, 5) is 9.76. The van der Waals surface area contributed by atoms with Gasteiger partial charge in [-0.25, -0.2) is 0 Å². The second kappa shape index (κ2) is 10.9. The summed E-state index contributed by atoms with van der Waals surface area (Å²) in [5, 5.41) is 7.15. The van der Waals surface area contributed by atoms with Gasteiger partial charge < -0.3 is 29.9 Å². The van der Waals surface area contributed by atoms with Crippen molar-refractivity contribution in [2.75, 3.05) is 65.5 Å². The largest absolute Gasteiger partial charge is 0.495 e. The highest BCUT2D eigenvalue weighted by Gasteiger charge is 2.35. The van der Waals surface area contributed by atoms with E-state index in [0.29, 0.717) is 6.04 Å². The van der Waals surface area contributed by atoms with Gasteiger partial charge in [-0.1, -0.05) is 12.1 Å². The summed E-state index contributed by atoms with van der Waals surface area (Å²) in [6, 6.07) is 8.63. The fraction of sp³-hybridized carbons (Fsp3) is 0.696. The van der Waals surface area contributed by atoms with Gasteiger partial charge >= 0.3 is 0 Å². The monoisotopic (exact) mass is 417 g/mol. The van der Waals surface area contributed by atoms with E-state index in [0.717, 1.165) is 76.8 Å². The third kappa shape index (κ3) is 5.58. The number of likely N-dealkylation sites (N-methyl/N-ethyl adjacent to an activating group) is 1. The number of benzene rings is 1. The first-order valence-electron chi connectivity index (χ1n) is 11.3. The van der Waals surface area contributed by atoms with Crippen LogP contribution in [-0.2, 0) is 4.74 Å². The van der Waals surface area contributed by atoms with Crippen LogP contribution < -0.4 is 20.3 Å². The summed E-state index contributed by atoms with van der Waals surface area (Å²) in [6.45, 7) is 7.37. The molecule has 0 aromatic heterocycles. The summed E-state index contributed by atoms with van der Waals surface area (Å²) in [5.41, 5.74) is 1.25. The van der Waals surface area contributed by atoms with Crippen molar-refractivity contribution in [2.45, 2.75) is 44.2 Å². The normalized spacial score (nSPS) is 22.1. The number of para-hydroxylation sites is 2. The van der Waals surface area contributed by atoms with E-state index in [-0.39, 0.29) is 5.54 Å². The Morgan fingerprint density at radius 2 is 2.07 bits per heavy atom. The molecule has 1 aromatic rings. The predicted molar refractivity (Wildman–Crippen MR) is 124 cm³/mol. The summed E-state index contributed by atoms with van der Waals surface area (Å²) >= 11 is 0. The van der Waals surface area contributed by atoms with Crippen LogP contribution in [-0.4, -0.2) is 83.0 Å². The smallest absolute Gasteiger partial charge is 0.191 e. The molecule has 0 bridgehead atoms. The zero-order valence-corrected chi connectivity index (χ0v) is 19.1. The van der Waals surface area contributed by atoms with E-state index in [9.17, 15) is 0 Å². The van der Waals surface area contributed by atoms with Crippen LogP contribution in [0.25, 0.3) is 0 Å². The van der Waals surface area contributed by atoms with Crippen molar-refractivity contribution in [2.24, 2.45) is 4.99 Å². The number of piperidine rings is 1. The van der Waals surface area contributed by atoms with Crippen molar-refractivity contribution in [3.8, 4) is 5.75 Å². The highest BCUT2D eigenvalue weighted by Crippen LogP contribution is 2.30. The van der Waals surface area contributed by atoms with E-state index in [1.54, 1.807) is 7.11 Å². The molecular formula is C23H39N5O2. The number of rotatable bonds is 7. The third-order valence-corrected chi connectivity index (χ3v) is 6.44. The Balaban J connectivity index is 1.67. The number of anilines is 1. The molecule has 2 heterocycles. The molecule has 2 N–H and O–H groups in total. The molecule has 1 unspecified atom stereocenters. The first-order valence-corrected chi connectivity index (χ1v) is 11.3. The Bertz CT molecular complexity index is 688. The number of methoxy groups -OCH3 is 1. The van der Waals surface area contributed by atoms with Crippen molar-refractivity contribution in [1.82, 2.24) is 15.5 Å². The van der Waals surface area contributed by atoms with Gasteiger partial charge in [-0.15, -0.1) is 0 Å². The molecule has 1 atom stereocenters. The molecule has 2 aliphatic heterocycles. The maximum atomic E-state index is 5.60. The number of nitrogens with one attached hydrogen (secondary N) is 2. The molecule has 1 aromatic carbocycles. The van der Waals surface area contributed by atoms with Crippen LogP contribution >= 0.6 is 0 Å². The lowest BCUT2D eigenvalue weighted by molar-refractivity contribution is -0.00255. The van der Waals surface area contributed by atoms with Gasteiger partial charge in [-0.3, -0.25) is 4.99 Å². The topological polar surface area (TPSA) is 61.4 Å². The average molecular weight is 418 g/mol. The Hall–Kier alpha value is -1.99. The first-order chi connectivity index (χ1) is 14.6. The molecule has 7 nitrogen and oxygen atoms in total. The molecule has 2 saturated heterocycles. The summed E-state index contributed by atoms with van der Waals surface area (Å²) < 4.78 is 11.2. The second-order valence-electron chi connectivity index (χ2n) is 8.53. The van der Waals surface area contributed by atoms with Gasteiger partial charge in [0.15, 0.2) is 5.96 Å². The number of hydrogen-bond acceptors (Lipinski definition) is 5. The van der Waals surface area contributed by atoms with Gasteiger partial charge in [0.1, 0.15) is 5.75 Å². The van der Waals surface area contributed by atoms with E-state index in [2.05, 4.69) is 53.6 Å². The van der Waals surface area contributed by atoms with Crippen LogP contribution in [0, 0.1) is 0 Å². The Morgan fingerprint density at radius 1 is 1.30 bits per heavy atom. The highest BCUT2D eigenvalue weighted by atomic mass is 16.5. The predicted octanol–water partition coefficient (Wildman–Crippen LogP) is 2.33. The van der Waals surface area contributed by atoms with Crippen molar-refractivity contribution in [3.63, 3.8) is 0 Å². The molecule has 2 fully saturated rings. The van der Waals surface area contributed by atoms with E-state index in [1.165, 1.54) is 5.69 Å². The molecule has 7 heteroatoms. The van der Waals surface area contributed by atoms with Gasteiger partial charge in [0, 0.05) is 44.4 Å². The molecule has 30 heavy (non-hydrogen) atoms. The zero-order valence-electron chi connectivity index (χ0n) is 19.1. The molecule has 0 aliphatic carbocycles. The Kier molecular flexibility index (Phi) is 8.22. The lowest BCUT2D eigenvalue weighted by Gasteiger charge is -2.42. The lowest BCUT2D eigenvalue weighted by Crippen LogP contribution is -2.53. The number of ether oxygens (including phenoxy) is 2. The van der Waals surface area contributed by atoms with Crippen molar-refractivity contribution in [1.29, 1.82) is 0 Å². The lowest BCUT2D eigenvalue weighted by atomic mass is 9.89. The van der Waals surface area contributed by atoms with Crippen LogP contribution in [0.5, 0.6) is 5.75 Å². The van der Waals surface area contributed by atoms with Crippen molar-refractivity contribution < 1.29 is 9.47 Å². The fourth-order valence-corrected chi connectivity index (χ4v) is 4.44. The molecule has 0 amide bonds. The number of nitrogens with zero attached hydrogens (tertiary/aromatic N) is 3. The number of aliphatic imine (C=N–C) groups is 1. The number of guanidine groups is 1. The van der Waals surface area contributed by atoms with Crippen LogP contribution in [0.4, 0.5) is 5.69 Å². The maximum absolute atomic E-state index is 5.60. The second-order valence-corrected chi connectivity index (χ2v) is 8.53. The Labute approximate surface area is 181 Å². The quantitative estimate of drug-likeness (QED) is 0.525. The van der Waals surface area contributed by atoms with E-state index < -0.39 is 0 Å². The van der Waals surface area contributed by atoms with Gasteiger partial charge in [0.05, 0.1) is 19.3 Å². The van der Waals surface area contributed by atoms with Gasteiger partial charge in [-0.2, -0.15) is 0 Å². The van der Waals surface area contributed by atoms with Gasteiger partial charge in [-0.05, 0) is 58.8 Å². The zero-order chi connectivity index (χ0) is 21.4. The van der Waals surface area contributed by atoms with Gasteiger partial charge in [0.2, 0.25) is 0 Å². The maximum Gasteiger partial charge on any atom is 0.191 e. The average Bonchev–Trinajstić information content (AvgIpc) is 2.78. The van der Waals surface area contributed by atoms with Crippen LogP contribution in [0.15, 0.2) is 29.3 Å². The highest BCUT2D eigenvalue weighted by molar-refractivity contribution is 5.80. The molecule has 0 saturated carbocycles. The van der Waals surface area contributed by atoms with Crippen LogP contribution in [0.2, 0.25) is 0 Å². The standard InChI is InChI=1S/C23H39N5O2/c1-5-24-22(25-18-23(27(2)3)12-15-30-16-13-23)26-19-9-8-14-28(17-19)20-10-6-7-11-21(20)29-4/h6-7,10-11,19H,5,8-9,12-18H2,1-4H3,(H2,24,25,26). The molecule has 3 rings (SSSR count). The minimum atomic E-state index is 0.0800. The van der Waals surface area contributed by atoms with E-state index in [4.69, 9.17) is 14.5 Å². The molecule has 0 radical (unpaired) electrons. The van der Waals surface area contributed by atoms with Crippen molar-refractivity contribution >= 4 is 11.6 Å². The molecular weight excluding hydrogens is 378 g/mol. The third-order valence-electron chi connectivity index (χ3n) is 6.44. The minimum Gasteiger partial charge on any atom is -0.495 e.